The van der Waals surface area contributed by atoms with E-state index < -0.39 is 16.6 Å². The first-order valence-corrected chi connectivity index (χ1v) is 6.20. The van der Waals surface area contributed by atoms with Crippen LogP contribution in [0.3, 0.4) is 0 Å². The first-order valence-electron chi connectivity index (χ1n) is 6.20. The normalized spacial score (nSPS) is 21.6. The molecule has 0 aromatic carbocycles. The van der Waals surface area contributed by atoms with Crippen molar-refractivity contribution in [3.8, 4) is 0 Å². The van der Waals surface area contributed by atoms with Gasteiger partial charge in [0.05, 0.1) is 17.1 Å². The van der Waals surface area contributed by atoms with E-state index in [9.17, 15) is 14.9 Å². The first kappa shape index (κ1) is 14.2. The van der Waals surface area contributed by atoms with Gasteiger partial charge in [0.1, 0.15) is 17.6 Å². The molecule has 1 aliphatic rings. The van der Waals surface area contributed by atoms with Crippen molar-refractivity contribution in [2.45, 2.75) is 31.4 Å². The fraction of sp³-hybridized carbons (Fsp3) is 0.500. The third-order valence-corrected chi connectivity index (χ3v) is 3.40. The zero-order chi connectivity index (χ0) is 14.7. The van der Waals surface area contributed by atoms with E-state index in [0.717, 1.165) is 25.5 Å². The zero-order valence-electron chi connectivity index (χ0n) is 10.9. The quantitative estimate of drug-likeness (QED) is 0.623. The number of methoxy groups -OCH3 is 1. The number of carboxylic acids is 1. The van der Waals surface area contributed by atoms with E-state index in [4.69, 9.17) is 9.84 Å². The molecule has 108 valence electrons. The Balaban J connectivity index is 2.23. The summed E-state index contributed by atoms with van der Waals surface area (Å²) in [5, 5.41) is 22.8. The van der Waals surface area contributed by atoms with Gasteiger partial charge < -0.3 is 15.2 Å². The van der Waals surface area contributed by atoms with Crippen LogP contribution >= 0.6 is 0 Å². The summed E-state index contributed by atoms with van der Waals surface area (Å²) in [5.41, 5.74) is -0.891. The lowest BCUT2D eigenvalue weighted by Crippen LogP contribution is -2.30. The van der Waals surface area contributed by atoms with Crippen LogP contribution in [0.1, 0.15) is 29.6 Å². The summed E-state index contributed by atoms with van der Waals surface area (Å²) in [6, 6.07) is 1.22. The number of rotatable bonds is 5. The Labute approximate surface area is 114 Å². The molecule has 0 aliphatic heterocycles. The van der Waals surface area contributed by atoms with Crippen LogP contribution in [0.25, 0.3) is 0 Å². The Hall–Kier alpha value is -2.22. The van der Waals surface area contributed by atoms with E-state index in [1.54, 1.807) is 7.11 Å². The monoisotopic (exact) mass is 281 g/mol. The second-order valence-corrected chi connectivity index (χ2v) is 4.60. The van der Waals surface area contributed by atoms with Gasteiger partial charge in [0.15, 0.2) is 0 Å². The molecule has 0 saturated heterocycles. The summed E-state index contributed by atoms with van der Waals surface area (Å²) >= 11 is 0. The molecule has 1 aromatic rings. The average Bonchev–Trinajstić information content (AvgIpc) is 2.85. The molecule has 1 aliphatic carbocycles. The number of aromatic nitrogens is 1. The summed E-state index contributed by atoms with van der Waals surface area (Å²) in [5.74, 6) is -1.04. The van der Waals surface area contributed by atoms with Gasteiger partial charge in [-0.05, 0) is 19.3 Å². The molecule has 2 atom stereocenters. The van der Waals surface area contributed by atoms with Crippen molar-refractivity contribution in [1.29, 1.82) is 0 Å². The predicted molar refractivity (Wildman–Crippen MR) is 69.9 cm³/mol. The Bertz CT molecular complexity index is 534. The van der Waals surface area contributed by atoms with Crippen LogP contribution in [0.2, 0.25) is 0 Å². The molecule has 1 aromatic heterocycles. The van der Waals surface area contributed by atoms with E-state index in [1.807, 2.05) is 0 Å². The van der Waals surface area contributed by atoms with Gasteiger partial charge >= 0.3 is 11.7 Å². The van der Waals surface area contributed by atoms with E-state index >= 15 is 0 Å². The molecule has 0 spiro atoms. The Morgan fingerprint density at radius 1 is 1.60 bits per heavy atom. The minimum Gasteiger partial charge on any atom is -0.477 e. The second-order valence-electron chi connectivity index (χ2n) is 4.60. The lowest BCUT2D eigenvalue weighted by Gasteiger charge is -2.20. The largest absolute Gasteiger partial charge is 0.477 e. The van der Waals surface area contributed by atoms with Gasteiger partial charge in [-0.15, -0.1) is 0 Å². The van der Waals surface area contributed by atoms with E-state index in [2.05, 4.69) is 10.3 Å². The van der Waals surface area contributed by atoms with Gasteiger partial charge in [0.2, 0.25) is 0 Å². The fourth-order valence-corrected chi connectivity index (χ4v) is 2.41. The number of carboxylic acid groups (broad SMARTS) is 1. The number of ether oxygens (including phenoxy) is 1. The average molecular weight is 281 g/mol. The second kappa shape index (κ2) is 5.83. The molecule has 0 radical (unpaired) electrons. The number of hydrogen-bond acceptors (Lipinski definition) is 6. The van der Waals surface area contributed by atoms with Gasteiger partial charge in [-0.3, -0.25) is 10.1 Å². The highest BCUT2D eigenvalue weighted by molar-refractivity contribution is 5.93. The highest BCUT2D eigenvalue weighted by Crippen LogP contribution is 2.26. The molecule has 1 saturated carbocycles. The zero-order valence-corrected chi connectivity index (χ0v) is 10.9. The summed E-state index contributed by atoms with van der Waals surface area (Å²) in [7, 11) is 1.62. The third-order valence-electron chi connectivity index (χ3n) is 3.40. The maximum atomic E-state index is 11.1. The van der Waals surface area contributed by atoms with E-state index in [0.29, 0.717) is 5.82 Å². The summed E-state index contributed by atoms with van der Waals surface area (Å²) in [6.45, 7) is 0. The van der Waals surface area contributed by atoms with Crippen molar-refractivity contribution in [2.24, 2.45) is 0 Å². The number of carbonyl (C=O) groups is 1. The van der Waals surface area contributed by atoms with E-state index in [-0.39, 0.29) is 17.7 Å². The molecule has 2 rings (SSSR count). The van der Waals surface area contributed by atoms with Crippen molar-refractivity contribution in [3.63, 3.8) is 0 Å². The number of nitro groups is 1. The lowest BCUT2D eigenvalue weighted by molar-refractivity contribution is -0.385. The van der Waals surface area contributed by atoms with Gasteiger partial charge in [-0.1, -0.05) is 0 Å². The molecule has 2 unspecified atom stereocenters. The number of anilines is 1. The fourth-order valence-electron chi connectivity index (χ4n) is 2.41. The van der Waals surface area contributed by atoms with Crippen LogP contribution in [-0.2, 0) is 4.74 Å². The van der Waals surface area contributed by atoms with Crippen LogP contribution in [-0.4, -0.2) is 40.2 Å². The van der Waals surface area contributed by atoms with Crippen LogP contribution < -0.4 is 5.32 Å². The molecule has 8 nitrogen and oxygen atoms in total. The molecular weight excluding hydrogens is 266 g/mol. The Morgan fingerprint density at radius 3 is 2.95 bits per heavy atom. The van der Waals surface area contributed by atoms with Crippen molar-refractivity contribution in [1.82, 2.24) is 4.98 Å². The lowest BCUT2D eigenvalue weighted by atomic mass is 10.2. The number of aromatic carboxylic acids is 1. The maximum Gasteiger partial charge on any atom is 0.342 e. The molecule has 1 heterocycles. The molecule has 8 heteroatoms. The van der Waals surface area contributed by atoms with Crippen LogP contribution in [0.4, 0.5) is 11.5 Å². The first-order chi connectivity index (χ1) is 9.52. The molecular formula is C12H15N3O5. The predicted octanol–water partition coefficient (Wildman–Crippen LogP) is 1.67. The summed E-state index contributed by atoms with van der Waals surface area (Å²) in [6.07, 6.45) is 3.82. The Morgan fingerprint density at radius 2 is 2.35 bits per heavy atom. The van der Waals surface area contributed by atoms with Crippen LogP contribution in [0.15, 0.2) is 12.3 Å². The molecule has 1 fully saturated rings. The Kier molecular flexibility index (Phi) is 4.14. The maximum absolute atomic E-state index is 11.1. The summed E-state index contributed by atoms with van der Waals surface area (Å²) < 4.78 is 5.32. The summed E-state index contributed by atoms with van der Waals surface area (Å²) in [4.78, 5) is 24.9. The molecule has 0 bridgehead atoms. The third kappa shape index (κ3) is 2.85. The molecule has 2 N–H and O–H groups in total. The number of pyridine rings is 1. The number of nitrogens with one attached hydrogen (secondary N) is 1. The minimum atomic E-state index is -1.35. The number of nitrogens with zero attached hydrogens (tertiary/aromatic N) is 2. The topological polar surface area (TPSA) is 115 Å². The van der Waals surface area contributed by atoms with Crippen LogP contribution in [0, 0.1) is 10.1 Å². The van der Waals surface area contributed by atoms with Gasteiger partial charge in [0.25, 0.3) is 0 Å². The van der Waals surface area contributed by atoms with Gasteiger partial charge in [-0.2, -0.15) is 0 Å². The smallest absolute Gasteiger partial charge is 0.342 e. The van der Waals surface area contributed by atoms with Crippen molar-refractivity contribution in [2.75, 3.05) is 12.4 Å². The highest BCUT2D eigenvalue weighted by Gasteiger charge is 2.28. The van der Waals surface area contributed by atoms with Crippen molar-refractivity contribution in [3.05, 3.63) is 27.9 Å². The van der Waals surface area contributed by atoms with E-state index in [1.165, 1.54) is 6.07 Å². The van der Waals surface area contributed by atoms with Crippen molar-refractivity contribution >= 4 is 17.5 Å². The highest BCUT2D eigenvalue weighted by atomic mass is 16.6. The number of hydrogen-bond donors (Lipinski definition) is 2. The minimum absolute atomic E-state index is 0.0376. The van der Waals surface area contributed by atoms with Crippen molar-refractivity contribution < 1.29 is 19.6 Å². The SMILES string of the molecule is COC1CCCC1Nc1cc(C(=O)O)c([N+](=O)[O-])cn1. The molecule has 20 heavy (non-hydrogen) atoms. The molecule has 0 amide bonds. The van der Waals surface area contributed by atoms with Gasteiger partial charge in [-0.25, -0.2) is 9.78 Å². The standard InChI is InChI=1S/C12H15N3O5/c1-20-10-4-2-3-8(10)14-11-5-7(12(16)17)9(6-13-11)15(18)19/h5-6,8,10H,2-4H2,1H3,(H,13,14)(H,16,17). The van der Waals surface area contributed by atoms with Gasteiger partial charge in [0, 0.05) is 13.2 Å². The van der Waals surface area contributed by atoms with Crippen LogP contribution in [0.5, 0.6) is 0 Å².